The highest BCUT2D eigenvalue weighted by Gasteiger charge is 2.17. The Hall–Kier alpha value is -2.62. The van der Waals surface area contributed by atoms with E-state index < -0.39 is 5.97 Å². The Morgan fingerprint density at radius 2 is 1.95 bits per heavy atom. The lowest BCUT2D eigenvalue weighted by atomic mass is 9.95. The average molecular weight is 267 g/mol. The third-order valence-electron chi connectivity index (χ3n) is 3.44. The minimum absolute atomic E-state index is 0.163. The molecule has 1 aliphatic rings. The van der Waals surface area contributed by atoms with Gasteiger partial charge in [-0.15, -0.1) is 0 Å². The van der Waals surface area contributed by atoms with E-state index in [1.807, 2.05) is 24.3 Å². The molecule has 4 heteroatoms. The van der Waals surface area contributed by atoms with E-state index in [1.165, 1.54) is 0 Å². The smallest absolute Gasteiger partial charge is 0.336 e. The molecule has 1 aliphatic heterocycles. The zero-order valence-electron chi connectivity index (χ0n) is 10.7. The number of hydrogen-bond acceptors (Lipinski definition) is 3. The number of hydrogen-bond donors (Lipinski definition) is 2. The molecule has 0 amide bonds. The standard InChI is InChI=1S/C16H13NO3/c18-12-7-11-6-5-10(8-15(11)17-9-12)13-3-1-2-4-14(13)16(19)20/h1-6,8,17H,7,9H2,(H,19,20). The average Bonchev–Trinajstić information content (AvgIpc) is 2.46. The van der Waals surface area contributed by atoms with Crippen LogP contribution < -0.4 is 5.32 Å². The molecule has 0 aromatic heterocycles. The lowest BCUT2D eigenvalue weighted by Crippen LogP contribution is -2.22. The Labute approximate surface area is 116 Å². The minimum atomic E-state index is -0.943. The SMILES string of the molecule is O=C1CNc2cc(-c3ccccc3C(=O)O)ccc2C1. The summed E-state index contributed by atoms with van der Waals surface area (Å²) in [5.74, 6) is -0.780. The fourth-order valence-corrected chi connectivity index (χ4v) is 2.45. The highest BCUT2D eigenvalue weighted by molar-refractivity contribution is 5.97. The second kappa shape index (κ2) is 4.81. The van der Waals surface area contributed by atoms with E-state index in [1.54, 1.807) is 18.2 Å². The van der Waals surface area contributed by atoms with Gasteiger partial charge in [0, 0.05) is 12.1 Å². The van der Waals surface area contributed by atoms with Crippen molar-refractivity contribution in [1.29, 1.82) is 0 Å². The van der Waals surface area contributed by atoms with Gasteiger partial charge in [0.2, 0.25) is 0 Å². The van der Waals surface area contributed by atoms with Crippen molar-refractivity contribution in [2.24, 2.45) is 0 Å². The summed E-state index contributed by atoms with van der Waals surface area (Å²) in [4.78, 5) is 22.7. The van der Waals surface area contributed by atoms with Gasteiger partial charge in [0.15, 0.2) is 5.78 Å². The van der Waals surface area contributed by atoms with E-state index in [4.69, 9.17) is 0 Å². The molecule has 4 nitrogen and oxygen atoms in total. The molecule has 0 radical (unpaired) electrons. The summed E-state index contributed by atoms with van der Waals surface area (Å²) in [6, 6.07) is 12.6. The molecule has 0 saturated heterocycles. The lowest BCUT2D eigenvalue weighted by Gasteiger charge is -2.18. The fraction of sp³-hybridized carbons (Fsp3) is 0.125. The molecule has 100 valence electrons. The van der Waals surface area contributed by atoms with E-state index in [9.17, 15) is 14.7 Å². The van der Waals surface area contributed by atoms with E-state index in [2.05, 4.69) is 5.32 Å². The first-order valence-electron chi connectivity index (χ1n) is 6.36. The molecule has 0 aliphatic carbocycles. The fourth-order valence-electron chi connectivity index (χ4n) is 2.45. The van der Waals surface area contributed by atoms with Crippen LogP contribution in [0, 0.1) is 0 Å². The Morgan fingerprint density at radius 1 is 1.15 bits per heavy atom. The van der Waals surface area contributed by atoms with Crippen LogP contribution in [0.4, 0.5) is 5.69 Å². The minimum Gasteiger partial charge on any atom is -0.478 e. The van der Waals surface area contributed by atoms with Gasteiger partial charge >= 0.3 is 5.97 Å². The summed E-state index contributed by atoms with van der Waals surface area (Å²) in [6.07, 6.45) is 0.434. The number of rotatable bonds is 2. The molecule has 1 heterocycles. The number of carbonyl (C=O) groups is 2. The number of benzene rings is 2. The zero-order chi connectivity index (χ0) is 14.1. The van der Waals surface area contributed by atoms with Crippen LogP contribution in [0.2, 0.25) is 0 Å². The molecule has 0 atom stereocenters. The van der Waals surface area contributed by atoms with Gasteiger partial charge in [-0.3, -0.25) is 4.79 Å². The van der Waals surface area contributed by atoms with Crippen molar-refractivity contribution in [1.82, 2.24) is 0 Å². The number of carbonyl (C=O) groups excluding carboxylic acids is 1. The first-order valence-corrected chi connectivity index (χ1v) is 6.36. The zero-order valence-corrected chi connectivity index (χ0v) is 10.7. The maximum atomic E-state index is 11.4. The van der Waals surface area contributed by atoms with Crippen molar-refractivity contribution >= 4 is 17.4 Å². The van der Waals surface area contributed by atoms with Gasteiger partial charge in [-0.05, 0) is 28.8 Å². The molecule has 0 fully saturated rings. The number of aromatic carboxylic acids is 1. The molecular formula is C16H13NO3. The molecule has 3 rings (SSSR count). The van der Waals surface area contributed by atoms with Crippen molar-refractivity contribution in [3.05, 3.63) is 53.6 Å². The van der Waals surface area contributed by atoms with Crippen LogP contribution in [0.25, 0.3) is 11.1 Å². The van der Waals surface area contributed by atoms with Crippen LogP contribution in [-0.4, -0.2) is 23.4 Å². The largest absolute Gasteiger partial charge is 0.478 e. The Morgan fingerprint density at radius 3 is 2.75 bits per heavy atom. The second-order valence-electron chi connectivity index (χ2n) is 4.79. The highest BCUT2D eigenvalue weighted by atomic mass is 16.4. The number of Topliss-reactive ketones (excluding diaryl/α,β-unsaturated/α-hetero) is 1. The van der Waals surface area contributed by atoms with Gasteiger partial charge in [-0.2, -0.15) is 0 Å². The first kappa shape index (κ1) is 12.4. The van der Waals surface area contributed by atoms with Crippen molar-refractivity contribution in [3.63, 3.8) is 0 Å². The van der Waals surface area contributed by atoms with Crippen molar-refractivity contribution in [2.45, 2.75) is 6.42 Å². The molecule has 0 unspecified atom stereocenters. The maximum absolute atomic E-state index is 11.4. The predicted octanol–water partition coefficient (Wildman–Crippen LogP) is 2.59. The summed E-state index contributed by atoms with van der Waals surface area (Å²) >= 11 is 0. The van der Waals surface area contributed by atoms with Crippen LogP contribution in [0.1, 0.15) is 15.9 Å². The molecule has 20 heavy (non-hydrogen) atoms. The number of ketones is 1. The van der Waals surface area contributed by atoms with E-state index in [-0.39, 0.29) is 11.3 Å². The summed E-state index contributed by atoms with van der Waals surface area (Å²) in [5.41, 5.74) is 3.66. The van der Waals surface area contributed by atoms with Gasteiger partial charge in [-0.25, -0.2) is 4.79 Å². The summed E-state index contributed by atoms with van der Waals surface area (Å²) in [6.45, 7) is 0.330. The summed E-state index contributed by atoms with van der Waals surface area (Å²) in [7, 11) is 0. The number of nitrogens with one attached hydrogen (secondary N) is 1. The van der Waals surface area contributed by atoms with Gasteiger partial charge in [-0.1, -0.05) is 30.3 Å². The predicted molar refractivity (Wildman–Crippen MR) is 76.0 cm³/mol. The monoisotopic (exact) mass is 267 g/mol. The molecule has 2 aromatic rings. The van der Waals surface area contributed by atoms with Crippen molar-refractivity contribution < 1.29 is 14.7 Å². The quantitative estimate of drug-likeness (QED) is 0.877. The normalized spacial score (nSPS) is 13.5. The van der Waals surface area contributed by atoms with Gasteiger partial charge in [0.05, 0.1) is 12.1 Å². The van der Waals surface area contributed by atoms with Gasteiger partial charge in [0.25, 0.3) is 0 Å². The molecule has 0 bridgehead atoms. The number of fused-ring (bicyclic) bond motifs is 1. The summed E-state index contributed by atoms with van der Waals surface area (Å²) < 4.78 is 0. The Bertz CT molecular complexity index is 707. The van der Waals surface area contributed by atoms with Crippen LogP contribution in [0.3, 0.4) is 0 Å². The van der Waals surface area contributed by atoms with E-state index in [0.717, 1.165) is 16.8 Å². The van der Waals surface area contributed by atoms with Gasteiger partial charge < -0.3 is 10.4 Å². The number of carboxylic acids is 1. The number of anilines is 1. The third kappa shape index (κ3) is 2.16. The second-order valence-corrected chi connectivity index (χ2v) is 4.79. The van der Waals surface area contributed by atoms with E-state index in [0.29, 0.717) is 18.5 Å². The lowest BCUT2D eigenvalue weighted by molar-refractivity contribution is -0.117. The van der Waals surface area contributed by atoms with Crippen molar-refractivity contribution in [2.75, 3.05) is 11.9 Å². The Kier molecular flexibility index (Phi) is 2.99. The van der Waals surface area contributed by atoms with Gasteiger partial charge in [0.1, 0.15) is 0 Å². The Balaban J connectivity index is 2.08. The number of carboxylic acid groups (broad SMARTS) is 1. The topological polar surface area (TPSA) is 66.4 Å². The van der Waals surface area contributed by atoms with E-state index >= 15 is 0 Å². The molecule has 2 aromatic carbocycles. The molecule has 0 saturated carbocycles. The molecule has 0 spiro atoms. The molecular weight excluding hydrogens is 254 g/mol. The van der Waals surface area contributed by atoms with Crippen LogP contribution in [0.5, 0.6) is 0 Å². The van der Waals surface area contributed by atoms with Crippen molar-refractivity contribution in [3.8, 4) is 11.1 Å². The van der Waals surface area contributed by atoms with Crippen LogP contribution in [0.15, 0.2) is 42.5 Å². The third-order valence-corrected chi connectivity index (χ3v) is 3.44. The first-order chi connectivity index (χ1) is 9.65. The molecule has 2 N–H and O–H groups in total. The van der Waals surface area contributed by atoms with Crippen LogP contribution in [-0.2, 0) is 11.2 Å². The van der Waals surface area contributed by atoms with Crippen LogP contribution >= 0.6 is 0 Å². The summed E-state index contributed by atoms with van der Waals surface area (Å²) in [5, 5.41) is 12.3. The highest BCUT2D eigenvalue weighted by Crippen LogP contribution is 2.30. The maximum Gasteiger partial charge on any atom is 0.336 e.